The third kappa shape index (κ3) is 0.922. The van der Waals surface area contributed by atoms with E-state index in [0.29, 0.717) is 5.92 Å². The first-order valence-electron chi connectivity index (χ1n) is 3.13. The Bertz CT molecular complexity index is 168. The highest BCUT2D eigenvalue weighted by molar-refractivity contribution is 5.35. The topological polar surface area (TPSA) is 52.0 Å². The molecule has 2 nitrogen and oxygen atoms in total. The molecule has 0 saturated carbocycles. The fraction of sp³-hybridized carbons (Fsp3) is 0.429. The zero-order valence-electron chi connectivity index (χ0n) is 5.59. The van der Waals surface area contributed by atoms with E-state index in [0.717, 1.165) is 12.1 Å². The monoisotopic (exact) mass is 124 g/mol. The second kappa shape index (κ2) is 2.13. The van der Waals surface area contributed by atoms with Gasteiger partial charge >= 0.3 is 0 Å². The molecule has 9 heavy (non-hydrogen) atoms. The Balaban J connectivity index is 2.65. The van der Waals surface area contributed by atoms with Gasteiger partial charge in [-0.3, -0.25) is 0 Å². The Morgan fingerprint density at radius 1 is 1.89 bits per heavy atom. The number of allylic oxidation sites excluding steroid dienone is 2. The van der Waals surface area contributed by atoms with Crippen LogP contribution in [0.15, 0.2) is 23.5 Å². The van der Waals surface area contributed by atoms with Gasteiger partial charge in [0.05, 0.1) is 5.70 Å². The third-order valence-electron chi connectivity index (χ3n) is 1.74. The zero-order chi connectivity index (χ0) is 6.85. The first-order chi connectivity index (χ1) is 4.25. The summed E-state index contributed by atoms with van der Waals surface area (Å²) in [5.41, 5.74) is 12.7. The maximum absolute atomic E-state index is 5.54. The molecule has 1 rings (SSSR count). The van der Waals surface area contributed by atoms with Gasteiger partial charge < -0.3 is 11.5 Å². The lowest BCUT2D eigenvalue weighted by molar-refractivity contribution is 0.630. The average molecular weight is 124 g/mol. The molecule has 0 aromatic heterocycles. The fourth-order valence-corrected chi connectivity index (χ4v) is 0.970. The van der Waals surface area contributed by atoms with E-state index in [1.54, 1.807) is 0 Å². The SMILES string of the molecule is CC1CC=C1/C(N)=C/N. The first-order valence-corrected chi connectivity index (χ1v) is 3.13. The summed E-state index contributed by atoms with van der Waals surface area (Å²) in [5, 5.41) is 0. The summed E-state index contributed by atoms with van der Waals surface area (Å²) in [5.74, 6) is 0.616. The van der Waals surface area contributed by atoms with Crippen LogP contribution < -0.4 is 11.5 Å². The van der Waals surface area contributed by atoms with Gasteiger partial charge in [-0.15, -0.1) is 0 Å². The van der Waals surface area contributed by atoms with E-state index in [1.165, 1.54) is 11.8 Å². The number of hydrogen-bond acceptors (Lipinski definition) is 2. The van der Waals surface area contributed by atoms with Gasteiger partial charge in [0.1, 0.15) is 0 Å². The Labute approximate surface area is 55.2 Å². The summed E-state index contributed by atoms with van der Waals surface area (Å²) in [4.78, 5) is 0. The van der Waals surface area contributed by atoms with Crippen molar-refractivity contribution >= 4 is 0 Å². The van der Waals surface area contributed by atoms with Gasteiger partial charge in [0.15, 0.2) is 0 Å². The van der Waals surface area contributed by atoms with Gasteiger partial charge in [-0.05, 0) is 17.9 Å². The van der Waals surface area contributed by atoms with Crippen molar-refractivity contribution in [2.24, 2.45) is 17.4 Å². The summed E-state index contributed by atoms with van der Waals surface area (Å²) < 4.78 is 0. The van der Waals surface area contributed by atoms with Gasteiger partial charge in [-0.1, -0.05) is 13.0 Å². The minimum Gasteiger partial charge on any atom is -0.403 e. The summed E-state index contributed by atoms with van der Waals surface area (Å²) in [7, 11) is 0. The van der Waals surface area contributed by atoms with E-state index in [1.807, 2.05) is 0 Å². The van der Waals surface area contributed by atoms with Crippen molar-refractivity contribution in [3.8, 4) is 0 Å². The summed E-state index contributed by atoms with van der Waals surface area (Å²) in [6.07, 6.45) is 4.72. The van der Waals surface area contributed by atoms with Crippen LogP contribution in [-0.2, 0) is 0 Å². The summed E-state index contributed by atoms with van der Waals surface area (Å²) >= 11 is 0. The van der Waals surface area contributed by atoms with Gasteiger partial charge in [0.25, 0.3) is 0 Å². The van der Waals surface area contributed by atoms with Crippen molar-refractivity contribution < 1.29 is 0 Å². The highest BCUT2D eigenvalue weighted by Gasteiger charge is 2.17. The van der Waals surface area contributed by atoms with Crippen LogP contribution in [0.5, 0.6) is 0 Å². The molecule has 2 heteroatoms. The lowest BCUT2D eigenvalue weighted by Gasteiger charge is -2.22. The van der Waals surface area contributed by atoms with Crippen LogP contribution in [0.1, 0.15) is 13.3 Å². The van der Waals surface area contributed by atoms with Gasteiger partial charge in [-0.25, -0.2) is 0 Å². The highest BCUT2D eigenvalue weighted by Crippen LogP contribution is 2.29. The smallest absolute Gasteiger partial charge is 0.0503 e. The predicted octanol–water partition coefficient (Wildman–Crippen LogP) is 0.711. The predicted molar refractivity (Wildman–Crippen MR) is 38.3 cm³/mol. The molecule has 0 aromatic carbocycles. The summed E-state index contributed by atoms with van der Waals surface area (Å²) in [6, 6.07) is 0. The second-order valence-corrected chi connectivity index (χ2v) is 2.42. The van der Waals surface area contributed by atoms with Crippen LogP contribution in [0.4, 0.5) is 0 Å². The van der Waals surface area contributed by atoms with Crippen LogP contribution >= 0.6 is 0 Å². The first kappa shape index (κ1) is 6.20. The van der Waals surface area contributed by atoms with Crippen LogP contribution in [0.25, 0.3) is 0 Å². The molecule has 4 N–H and O–H groups in total. The Kier molecular flexibility index (Phi) is 1.47. The Morgan fingerprint density at radius 3 is 2.67 bits per heavy atom. The summed E-state index contributed by atoms with van der Waals surface area (Å²) in [6.45, 7) is 2.14. The molecule has 0 aliphatic heterocycles. The van der Waals surface area contributed by atoms with Crippen LogP contribution in [-0.4, -0.2) is 0 Å². The highest BCUT2D eigenvalue weighted by atomic mass is 14.6. The quantitative estimate of drug-likeness (QED) is 0.541. The van der Waals surface area contributed by atoms with Crippen molar-refractivity contribution in [1.82, 2.24) is 0 Å². The minimum absolute atomic E-state index is 0.616. The molecule has 0 aromatic rings. The van der Waals surface area contributed by atoms with E-state index >= 15 is 0 Å². The molecule has 0 radical (unpaired) electrons. The molecule has 50 valence electrons. The molecule has 0 spiro atoms. The zero-order valence-corrected chi connectivity index (χ0v) is 5.59. The molecule has 0 amide bonds. The lowest BCUT2D eigenvalue weighted by atomic mass is 9.85. The average Bonchev–Trinajstić information content (AvgIpc) is 1.84. The number of rotatable bonds is 1. The Hall–Kier alpha value is -0.920. The molecule has 1 aliphatic rings. The normalized spacial score (nSPS) is 27.0. The third-order valence-corrected chi connectivity index (χ3v) is 1.74. The minimum atomic E-state index is 0.616. The molecule has 0 fully saturated rings. The van der Waals surface area contributed by atoms with Crippen LogP contribution in [0.2, 0.25) is 0 Å². The molecular weight excluding hydrogens is 112 g/mol. The van der Waals surface area contributed by atoms with Crippen molar-refractivity contribution in [3.05, 3.63) is 23.5 Å². The number of hydrogen-bond donors (Lipinski definition) is 2. The number of nitrogens with two attached hydrogens (primary N) is 2. The maximum Gasteiger partial charge on any atom is 0.0503 e. The van der Waals surface area contributed by atoms with Crippen molar-refractivity contribution in [1.29, 1.82) is 0 Å². The van der Waals surface area contributed by atoms with E-state index in [4.69, 9.17) is 11.5 Å². The van der Waals surface area contributed by atoms with E-state index in [-0.39, 0.29) is 0 Å². The molecule has 1 unspecified atom stereocenters. The van der Waals surface area contributed by atoms with Gasteiger partial charge in [0.2, 0.25) is 0 Å². The molecule has 0 saturated heterocycles. The largest absolute Gasteiger partial charge is 0.403 e. The van der Waals surface area contributed by atoms with E-state index in [9.17, 15) is 0 Å². The Morgan fingerprint density at radius 2 is 2.56 bits per heavy atom. The lowest BCUT2D eigenvalue weighted by Crippen LogP contribution is -2.16. The fourth-order valence-electron chi connectivity index (χ4n) is 0.970. The van der Waals surface area contributed by atoms with Gasteiger partial charge in [0, 0.05) is 6.20 Å². The van der Waals surface area contributed by atoms with E-state index in [2.05, 4.69) is 13.0 Å². The molecule has 0 heterocycles. The standard InChI is InChI=1S/C7H12N2/c1-5-2-3-6(5)7(9)4-8/h3-5H,2,8-9H2,1H3/b7-4-. The van der Waals surface area contributed by atoms with Crippen LogP contribution in [0, 0.1) is 5.92 Å². The molecule has 1 aliphatic carbocycles. The maximum atomic E-state index is 5.54. The van der Waals surface area contributed by atoms with Crippen molar-refractivity contribution in [2.45, 2.75) is 13.3 Å². The second-order valence-electron chi connectivity index (χ2n) is 2.42. The molecular formula is C7H12N2. The van der Waals surface area contributed by atoms with Crippen molar-refractivity contribution in [3.63, 3.8) is 0 Å². The van der Waals surface area contributed by atoms with Crippen LogP contribution in [0.3, 0.4) is 0 Å². The van der Waals surface area contributed by atoms with E-state index < -0.39 is 0 Å². The molecule has 1 atom stereocenters. The van der Waals surface area contributed by atoms with Gasteiger partial charge in [-0.2, -0.15) is 0 Å². The molecule has 0 bridgehead atoms. The van der Waals surface area contributed by atoms with Crippen molar-refractivity contribution in [2.75, 3.05) is 0 Å².